The molecule has 0 atom stereocenters. The van der Waals surface area contributed by atoms with E-state index in [4.69, 9.17) is 28.2 Å². The number of halogens is 2. The lowest BCUT2D eigenvalue weighted by atomic mass is 10.1. The molecule has 1 aliphatic rings. The first-order chi connectivity index (χ1) is 13.7. The number of benzene rings is 2. The predicted molar refractivity (Wildman–Crippen MR) is 117 cm³/mol. The summed E-state index contributed by atoms with van der Waals surface area (Å²) in [4.78, 5) is 7.15. The second kappa shape index (κ2) is 8.60. The Hall–Kier alpha value is -1.95. The fourth-order valence-corrected chi connectivity index (χ4v) is 4.20. The minimum absolute atomic E-state index is 0.0428. The van der Waals surface area contributed by atoms with Gasteiger partial charge in [-0.05, 0) is 55.7 Å². The van der Waals surface area contributed by atoms with E-state index in [0.717, 1.165) is 35.6 Å². The Bertz CT molecular complexity index is 966. The number of hydrogen-bond donors (Lipinski definition) is 2. The van der Waals surface area contributed by atoms with Crippen LogP contribution in [0.1, 0.15) is 25.1 Å². The van der Waals surface area contributed by atoms with Crippen LogP contribution in [-0.4, -0.2) is 34.4 Å². The molecule has 1 aliphatic heterocycles. The van der Waals surface area contributed by atoms with Crippen LogP contribution in [0.2, 0.25) is 10.0 Å². The van der Waals surface area contributed by atoms with Gasteiger partial charge in [-0.3, -0.25) is 0 Å². The third-order valence-corrected chi connectivity index (χ3v) is 5.68. The topological polar surface area (TPSA) is 53.3 Å². The maximum Gasteiger partial charge on any atom is 0.129 e. The maximum absolute atomic E-state index is 9.50. The summed E-state index contributed by atoms with van der Waals surface area (Å²) in [6.07, 6.45) is 3.73. The fraction of sp³-hybridized carbons (Fsp3) is 0.381. The molecule has 0 spiro atoms. The smallest absolute Gasteiger partial charge is 0.129 e. The van der Waals surface area contributed by atoms with Gasteiger partial charge in [0.1, 0.15) is 5.82 Å². The van der Waals surface area contributed by atoms with Crippen molar-refractivity contribution in [2.24, 2.45) is 0 Å². The lowest BCUT2D eigenvalue weighted by Crippen LogP contribution is -2.30. The van der Waals surface area contributed by atoms with Crippen LogP contribution in [0.5, 0.6) is 0 Å². The number of aliphatic hydroxyl groups excluding tert-OH is 1. The van der Waals surface area contributed by atoms with Crippen LogP contribution < -0.4 is 10.2 Å². The molecular formula is C21H24Cl2N4O. The average molecular weight is 419 g/mol. The van der Waals surface area contributed by atoms with Crippen molar-refractivity contribution >= 4 is 45.6 Å². The molecule has 2 heterocycles. The van der Waals surface area contributed by atoms with Gasteiger partial charge >= 0.3 is 0 Å². The van der Waals surface area contributed by atoms with Gasteiger partial charge in [0.25, 0.3) is 0 Å². The molecule has 4 rings (SSSR count). The summed E-state index contributed by atoms with van der Waals surface area (Å²) < 4.78 is 2.01. The molecule has 148 valence electrons. The van der Waals surface area contributed by atoms with Crippen molar-refractivity contribution in [3.8, 4) is 0 Å². The molecule has 7 heteroatoms. The summed E-state index contributed by atoms with van der Waals surface area (Å²) in [5.41, 5.74) is 3.99. The zero-order valence-electron chi connectivity index (χ0n) is 15.7. The van der Waals surface area contributed by atoms with Gasteiger partial charge in [-0.1, -0.05) is 23.2 Å². The van der Waals surface area contributed by atoms with Crippen LogP contribution >= 0.6 is 23.2 Å². The molecular weight excluding hydrogens is 395 g/mol. The van der Waals surface area contributed by atoms with Gasteiger partial charge in [0.05, 0.1) is 35.6 Å². The van der Waals surface area contributed by atoms with Gasteiger partial charge in [0.15, 0.2) is 0 Å². The summed E-state index contributed by atoms with van der Waals surface area (Å²) >= 11 is 12.4. The lowest BCUT2D eigenvalue weighted by molar-refractivity contribution is 0.276. The standard InChI is InChI=1S/C21H24Cl2N4O/c22-15-5-7-19(26-8-2-1-3-9-26)18(12-15)24-14-21-25-17-6-4-16(23)13-20(17)27(21)10-11-28/h4-7,12-13,24,28H,1-3,8-11,14H2. The monoisotopic (exact) mass is 418 g/mol. The van der Waals surface area contributed by atoms with Gasteiger partial charge in [0.2, 0.25) is 0 Å². The average Bonchev–Trinajstić information content (AvgIpc) is 3.04. The van der Waals surface area contributed by atoms with E-state index in [9.17, 15) is 5.11 Å². The lowest BCUT2D eigenvalue weighted by Gasteiger charge is -2.30. The Morgan fingerprint density at radius 2 is 1.75 bits per heavy atom. The minimum atomic E-state index is 0.0428. The van der Waals surface area contributed by atoms with E-state index in [1.54, 1.807) is 0 Å². The van der Waals surface area contributed by atoms with E-state index in [1.165, 1.54) is 24.9 Å². The van der Waals surface area contributed by atoms with Crippen LogP contribution in [0.3, 0.4) is 0 Å². The van der Waals surface area contributed by atoms with Crippen molar-refractivity contribution in [1.29, 1.82) is 0 Å². The van der Waals surface area contributed by atoms with Gasteiger partial charge in [-0.15, -0.1) is 0 Å². The fourth-order valence-electron chi connectivity index (χ4n) is 3.86. The molecule has 0 aliphatic carbocycles. The summed E-state index contributed by atoms with van der Waals surface area (Å²) in [6.45, 7) is 3.19. The van der Waals surface area contributed by atoms with Gasteiger partial charge in [-0.2, -0.15) is 0 Å². The molecule has 3 aromatic rings. The minimum Gasteiger partial charge on any atom is -0.395 e. The molecule has 2 aromatic carbocycles. The zero-order valence-corrected chi connectivity index (χ0v) is 17.2. The van der Waals surface area contributed by atoms with Crippen LogP contribution in [0.15, 0.2) is 36.4 Å². The van der Waals surface area contributed by atoms with Crippen molar-refractivity contribution in [2.75, 3.05) is 29.9 Å². The summed E-state index contributed by atoms with van der Waals surface area (Å²) in [5.74, 6) is 0.857. The molecule has 5 nitrogen and oxygen atoms in total. The highest BCUT2D eigenvalue weighted by Gasteiger charge is 2.16. The maximum atomic E-state index is 9.50. The predicted octanol–water partition coefficient (Wildman–Crippen LogP) is 4.94. The SMILES string of the molecule is OCCn1c(CNc2cc(Cl)ccc2N2CCCCC2)nc2ccc(Cl)cc21. The van der Waals surface area contributed by atoms with Gasteiger partial charge in [-0.25, -0.2) is 4.98 Å². The highest BCUT2D eigenvalue weighted by Crippen LogP contribution is 2.32. The Balaban J connectivity index is 1.62. The van der Waals surface area contributed by atoms with E-state index in [2.05, 4.69) is 16.3 Å². The second-order valence-corrected chi connectivity index (χ2v) is 7.97. The van der Waals surface area contributed by atoms with Crippen molar-refractivity contribution in [3.63, 3.8) is 0 Å². The molecule has 28 heavy (non-hydrogen) atoms. The first-order valence-electron chi connectivity index (χ1n) is 9.69. The van der Waals surface area contributed by atoms with E-state index < -0.39 is 0 Å². The molecule has 2 N–H and O–H groups in total. The molecule has 0 unspecified atom stereocenters. The molecule has 1 saturated heterocycles. The number of nitrogens with one attached hydrogen (secondary N) is 1. The first-order valence-corrected chi connectivity index (χ1v) is 10.5. The molecule has 1 aromatic heterocycles. The number of fused-ring (bicyclic) bond motifs is 1. The summed E-state index contributed by atoms with van der Waals surface area (Å²) in [7, 11) is 0. The third-order valence-electron chi connectivity index (χ3n) is 5.21. The number of nitrogens with zero attached hydrogens (tertiary/aromatic N) is 3. The van der Waals surface area contributed by atoms with E-state index in [-0.39, 0.29) is 6.61 Å². The third kappa shape index (κ3) is 4.07. The largest absolute Gasteiger partial charge is 0.395 e. The molecule has 0 amide bonds. The molecule has 0 saturated carbocycles. The number of hydrogen-bond acceptors (Lipinski definition) is 4. The van der Waals surface area contributed by atoms with Crippen molar-refractivity contribution < 1.29 is 5.11 Å². The van der Waals surface area contributed by atoms with Crippen molar-refractivity contribution in [2.45, 2.75) is 32.4 Å². The van der Waals surface area contributed by atoms with Crippen molar-refractivity contribution in [3.05, 3.63) is 52.3 Å². The number of aromatic nitrogens is 2. The molecule has 0 radical (unpaired) electrons. The Morgan fingerprint density at radius 1 is 1.00 bits per heavy atom. The summed E-state index contributed by atoms with van der Waals surface area (Å²) in [5, 5.41) is 14.4. The van der Waals surface area contributed by atoms with E-state index in [0.29, 0.717) is 23.1 Å². The number of rotatable bonds is 6. The summed E-state index contributed by atoms with van der Waals surface area (Å²) in [6, 6.07) is 11.6. The van der Waals surface area contributed by atoms with E-state index in [1.807, 2.05) is 34.9 Å². The van der Waals surface area contributed by atoms with E-state index >= 15 is 0 Å². The number of aliphatic hydroxyl groups is 1. The van der Waals surface area contributed by atoms with Gasteiger partial charge in [0, 0.05) is 29.7 Å². The highest BCUT2D eigenvalue weighted by molar-refractivity contribution is 6.31. The van der Waals surface area contributed by atoms with Gasteiger partial charge < -0.3 is 19.9 Å². The second-order valence-electron chi connectivity index (χ2n) is 7.10. The highest BCUT2D eigenvalue weighted by atomic mass is 35.5. The number of anilines is 2. The van der Waals surface area contributed by atoms with Crippen LogP contribution in [0.25, 0.3) is 11.0 Å². The van der Waals surface area contributed by atoms with Crippen LogP contribution in [-0.2, 0) is 13.1 Å². The normalized spacial score (nSPS) is 14.6. The quantitative estimate of drug-likeness (QED) is 0.595. The first kappa shape index (κ1) is 19.4. The van der Waals surface area contributed by atoms with Crippen LogP contribution in [0.4, 0.5) is 11.4 Å². The zero-order chi connectivity index (χ0) is 19.5. The molecule has 0 bridgehead atoms. The Morgan fingerprint density at radius 3 is 2.54 bits per heavy atom. The Labute approximate surface area is 174 Å². The Kier molecular flexibility index (Phi) is 5.95. The number of imidazole rings is 1. The molecule has 1 fully saturated rings. The number of piperidine rings is 1. The van der Waals surface area contributed by atoms with Crippen LogP contribution in [0, 0.1) is 0 Å². The van der Waals surface area contributed by atoms with Crippen molar-refractivity contribution in [1.82, 2.24) is 9.55 Å².